The van der Waals surface area contributed by atoms with Gasteiger partial charge in [-0.25, -0.2) is 9.97 Å². The first kappa shape index (κ1) is 28.8. The molecular formula is C28H35ClN8O4. The monoisotopic (exact) mass is 582 g/mol. The summed E-state index contributed by atoms with van der Waals surface area (Å²) in [6.45, 7) is 5.24. The van der Waals surface area contributed by atoms with Crippen molar-refractivity contribution in [1.29, 1.82) is 0 Å². The average molecular weight is 583 g/mol. The van der Waals surface area contributed by atoms with Crippen LogP contribution >= 0.6 is 11.6 Å². The van der Waals surface area contributed by atoms with E-state index < -0.39 is 6.10 Å². The number of anilines is 1. The summed E-state index contributed by atoms with van der Waals surface area (Å²) in [7, 11) is 0. The Morgan fingerprint density at radius 1 is 1.24 bits per heavy atom. The van der Waals surface area contributed by atoms with E-state index in [-0.39, 0.29) is 30.1 Å². The van der Waals surface area contributed by atoms with E-state index in [0.29, 0.717) is 49.4 Å². The molecule has 1 aromatic carbocycles. The van der Waals surface area contributed by atoms with Gasteiger partial charge >= 0.3 is 0 Å². The smallest absolute Gasteiger partial charge is 0.270 e. The largest absolute Gasteiger partial charge is 0.487 e. The molecule has 41 heavy (non-hydrogen) atoms. The van der Waals surface area contributed by atoms with E-state index >= 15 is 0 Å². The number of likely N-dealkylation sites (tertiary alicyclic amines) is 1. The van der Waals surface area contributed by atoms with E-state index in [2.05, 4.69) is 35.7 Å². The summed E-state index contributed by atoms with van der Waals surface area (Å²) in [6, 6.07) is 5.67. The number of aromatic nitrogens is 4. The average Bonchev–Trinajstić information content (AvgIpc) is 3.50. The first-order valence-electron chi connectivity index (χ1n) is 13.8. The number of rotatable bonds is 10. The van der Waals surface area contributed by atoms with Crippen LogP contribution in [0.4, 0.5) is 5.82 Å². The number of aliphatic hydroxyl groups is 1. The Morgan fingerprint density at radius 2 is 2.07 bits per heavy atom. The Morgan fingerprint density at radius 3 is 2.83 bits per heavy atom. The minimum atomic E-state index is -0.751. The van der Waals surface area contributed by atoms with Gasteiger partial charge in [-0.1, -0.05) is 17.7 Å². The summed E-state index contributed by atoms with van der Waals surface area (Å²) in [4.78, 5) is 36.6. The van der Waals surface area contributed by atoms with Gasteiger partial charge in [-0.3, -0.25) is 19.6 Å². The molecule has 0 saturated carbocycles. The molecule has 3 aromatic rings. The SMILES string of the molecule is CC(=O)N1CCC(Nc2cc(C(=O)NC[C@H](O)CN3CCc4c(ccc(OCc5cn[nH]c5)c4Cl)C3)ncn2)CC1. The summed E-state index contributed by atoms with van der Waals surface area (Å²) in [5.41, 5.74) is 3.32. The van der Waals surface area contributed by atoms with Crippen molar-refractivity contribution in [2.45, 2.75) is 51.5 Å². The van der Waals surface area contributed by atoms with Crippen molar-refractivity contribution in [3.8, 4) is 5.75 Å². The molecule has 1 fully saturated rings. The highest BCUT2D eigenvalue weighted by molar-refractivity contribution is 6.33. The van der Waals surface area contributed by atoms with E-state index in [1.807, 2.05) is 17.0 Å². The Kier molecular flexibility index (Phi) is 9.32. The summed E-state index contributed by atoms with van der Waals surface area (Å²) >= 11 is 6.65. The number of aliphatic hydroxyl groups excluding tert-OH is 1. The molecule has 0 aliphatic carbocycles. The van der Waals surface area contributed by atoms with Crippen LogP contribution in [0.5, 0.6) is 5.75 Å². The number of piperidine rings is 1. The molecule has 12 nitrogen and oxygen atoms in total. The number of benzene rings is 1. The van der Waals surface area contributed by atoms with Gasteiger partial charge < -0.3 is 25.4 Å². The van der Waals surface area contributed by atoms with Gasteiger partial charge in [0, 0.05) is 70.1 Å². The maximum Gasteiger partial charge on any atom is 0.270 e. The maximum absolute atomic E-state index is 12.7. The number of amides is 2. The van der Waals surface area contributed by atoms with Crippen LogP contribution in [-0.4, -0.2) is 91.8 Å². The number of nitrogens with zero attached hydrogens (tertiary/aromatic N) is 5. The van der Waals surface area contributed by atoms with Gasteiger partial charge in [-0.2, -0.15) is 5.10 Å². The fourth-order valence-electron chi connectivity index (χ4n) is 5.20. The highest BCUT2D eigenvalue weighted by Crippen LogP contribution is 2.34. The Balaban J connectivity index is 1.07. The van der Waals surface area contributed by atoms with Gasteiger partial charge in [0.15, 0.2) is 0 Å². The summed E-state index contributed by atoms with van der Waals surface area (Å²) in [6.07, 6.45) is 6.45. The normalized spacial score (nSPS) is 16.6. The van der Waals surface area contributed by atoms with Crippen LogP contribution in [0, 0.1) is 0 Å². The van der Waals surface area contributed by atoms with E-state index in [9.17, 15) is 14.7 Å². The molecule has 1 atom stereocenters. The topological polar surface area (TPSA) is 149 Å². The number of hydrogen-bond donors (Lipinski definition) is 4. The third-order valence-electron chi connectivity index (χ3n) is 7.49. The van der Waals surface area contributed by atoms with Crippen LogP contribution in [0.3, 0.4) is 0 Å². The Hall–Kier alpha value is -3.74. The Bertz CT molecular complexity index is 1350. The van der Waals surface area contributed by atoms with Crippen LogP contribution in [-0.2, 0) is 24.4 Å². The van der Waals surface area contributed by atoms with Crippen LogP contribution < -0.4 is 15.4 Å². The molecule has 0 spiro atoms. The fourth-order valence-corrected chi connectivity index (χ4v) is 5.54. The molecule has 218 valence electrons. The molecule has 2 aromatic heterocycles. The molecule has 1 saturated heterocycles. The summed E-state index contributed by atoms with van der Waals surface area (Å²) in [5, 5.41) is 24.1. The van der Waals surface area contributed by atoms with Crippen molar-refractivity contribution in [2.24, 2.45) is 0 Å². The highest BCUT2D eigenvalue weighted by atomic mass is 35.5. The maximum atomic E-state index is 12.7. The lowest BCUT2D eigenvalue weighted by Gasteiger charge is -2.32. The molecule has 0 radical (unpaired) electrons. The zero-order valence-electron chi connectivity index (χ0n) is 23.0. The number of carbonyl (C=O) groups excluding carboxylic acids is 2. The van der Waals surface area contributed by atoms with E-state index in [4.69, 9.17) is 16.3 Å². The van der Waals surface area contributed by atoms with Crippen molar-refractivity contribution in [2.75, 3.05) is 38.0 Å². The number of halogens is 1. The zero-order chi connectivity index (χ0) is 28.8. The van der Waals surface area contributed by atoms with Gasteiger partial charge in [-0.05, 0) is 36.5 Å². The molecule has 4 heterocycles. The van der Waals surface area contributed by atoms with Crippen molar-refractivity contribution < 1.29 is 19.4 Å². The number of carbonyl (C=O) groups is 2. The van der Waals surface area contributed by atoms with E-state index in [0.717, 1.165) is 42.5 Å². The number of aromatic amines is 1. The first-order valence-corrected chi connectivity index (χ1v) is 14.2. The Labute approximate surface area is 243 Å². The number of hydrogen-bond acceptors (Lipinski definition) is 9. The number of nitrogens with one attached hydrogen (secondary N) is 3. The quantitative estimate of drug-likeness (QED) is 0.282. The third kappa shape index (κ3) is 7.51. The standard InChI is InChI=1S/C28H35ClN8O4/c1-18(38)37-8-4-21(5-9-37)35-26-10-24(31-17-32-26)28(40)30-13-22(39)15-36-7-6-23-20(14-36)2-3-25(27(23)29)41-16-19-11-33-34-12-19/h2-3,10-12,17,21-22,39H,4-9,13-16H2,1H3,(H,30,40)(H,33,34)(H,31,32,35)/t22-/m0/s1. The molecule has 2 amide bonds. The lowest BCUT2D eigenvalue weighted by Crippen LogP contribution is -2.42. The van der Waals surface area contributed by atoms with Crippen molar-refractivity contribution >= 4 is 29.2 Å². The molecule has 2 aliphatic heterocycles. The first-order chi connectivity index (χ1) is 19.9. The van der Waals surface area contributed by atoms with Crippen molar-refractivity contribution in [3.05, 3.63) is 64.3 Å². The number of H-pyrrole nitrogens is 1. The minimum Gasteiger partial charge on any atom is -0.487 e. The van der Waals surface area contributed by atoms with Crippen LogP contribution in [0.15, 0.2) is 36.9 Å². The van der Waals surface area contributed by atoms with Crippen LogP contribution in [0.25, 0.3) is 0 Å². The van der Waals surface area contributed by atoms with Crippen molar-refractivity contribution in [3.63, 3.8) is 0 Å². The zero-order valence-corrected chi connectivity index (χ0v) is 23.7. The fraction of sp³-hybridized carbons (Fsp3) is 0.464. The molecule has 5 rings (SSSR count). The van der Waals surface area contributed by atoms with Gasteiger partial charge in [0.2, 0.25) is 5.91 Å². The molecule has 4 N–H and O–H groups in total. The second-order valence-corrected chi connectivity index (χ2v) is 10.9. The van der Waals surface area contributed by atoms with Gasteiger partial charge in [0.1, 0.15) is 30.2 Å². The van der Waals surface area contributed by atoms with E-state index in [1.165, 1.54) is 6.33 Å². The van der Waals surface area contributed by atoms with Crippen molar-refractivity contribution in [1.82, 2.24) is 35.3 Å². The second-order valence-electron chi connectivity index (χ2n) is 10.5. The van der Waals surface area contributed by atoms with Gasteiger partial charge in [0.25, 0.3) is 5.91 Å². The molecule has 0 bridgehead atoms. The highest BCUT2D eigenvalue weighted by Gasteiger charge is 2.24. The van der Waals surface area contributed by atoms with Gasteiger partial charge in [-0.15, -0.1) is 0 Å². The molecule has 0 unspecified atom stereocenters. The lowest BCUT2D eigenvalue weighted by molar-refractivity contribution is -0.129. The minimum absolute atomic E-state index is 0.0860. The predicted octanol–water partition coefficient (Wildman–Crippen LogP) is 2.00. The summed E-state index contributed by atoms with van der Waals surface area (Å²) < 4.78 is 5.87. The number of ether oxygens (including phenoxy) is 1. The third-order valence-corrected chi connectivity index (χ3v) is 7.90. The second kappa shape index (κ2) is 13.3. The van der Waals surface area contributed by atoms with E-state index in [1.54, 1.807) is 25.4 Å². The molecule has 2 aliphatic rings. The van der Waals surface area contributed by atoms with Crippen LogP contribution in [0.2, 0.25) is 5.02 Å². The molecule has 13 heteroatoms. The summed E-state index contributed by atoms with van der Waals surface area (Å²) in [5.74, 6) is 0.916. The lowest BCUT2D eigenvalue weighted by atomic mass is 9.99. The number of β-amino-alcohol motifs (C(OH)–C–C–N with tert-alkyl or cyclic N) is 1. The number of fused-ring (bicyclic) bond motifs is 1. The predicted molar refractivity (Wildman–Crippen MR) is 153 cm³/mol. The molecular weight excluding hydrogens is 548 g/mol. The van der Waals surface area contributed by atoms with Gasteiger partial charge in [0.05, 0.1) is 17.3 Å². The van der Waals surface area contributed by atoms with Crippen LogP contribution in [0.1, 0.15) is 46.9 Å².